The van der Waals surface area contributed by atoms with E-state index in [1.54, 1.807) is 6.92 Å². The zero-order valence-corrected chi connectivity index (χ0v) is 16.3. The second-order valence-corrected chi connectivity index (χ2v) is 5.80. The van der Waals surface area contributed by atoms with Crippen molar-refractivity contribution in [3.05, 3.63) is 21.3 Å². The largest absolute Gasteiger partial charge is 0.479 e. The molecule has 0 fully saturated rings. The van der Waals surface area contributed by atoms with E-state index in [-0.39, 0.29) is 27.0 Å². The minimum atomic E-state index is -1.13. The van der Waals surface area contributed by atoms with E-state index in [1.807, 2.05) is 0 Å². The summed E-state index contributed by atoms with van der Waals surface area (Å²) in [4.78, 5) is 24.2. The zero-order chi connectivity index (χ0) is 19.4. The van der Waals surface area contributed by atoms with Crippen molar-refractivity contribution >= 4 is 46.7 Å². The third kappa shape index (κ3) is 11.8. The number of carboxylic acid groups (broad SMARTS) is 1. The number of unbranched alkanes of at least 4 members (excludes halogenated alkanes) is 1. The molecule has 10 heteroatoms. The molecule has 1 unspecified atom stereocenters. The Bertz CT molecular complexity index is 570. The number of rotatable bonds is 8. The smallest absolute Gasteiger partial charge is 0.341 e. The van der Waals surface area contributed by atoms with Gasteiger partial charge in [0, 0.05) is 6.92 Å². The first-order valence-electron chi connectivity index (χ1n) is 7.32. The van der Waals surface area contributed by atoms with Crippen LogP contribution < -0.4 is 4.74 Å². The number of esters is 1. The molecule has 0 aromatic carbocycles. The van der Waals surface area contributed by atoms with Gasteiger partial charge < -0.3 is 19.3 Å². The van der Waals surface area contributed by atoms with Gasteiger partial charge in [-0.15, -0.1) is 0 Å². The Labute approximate surface area is 161 Å². The van der Waals surface area contributed by atoms with E-state index in [1.165, 1.54) is 13.0 Å². The van der Waals surface area contributed by atoms with Crippen LogP contribution in [0.5, 0.6) is 5.88 Å². The fourth-order valence-electron chi connectivity index (χ4n) is 1.32. The number of hydrogen-bond acceptors (Lipinski definition) is 6. The molecule has 0 spiro atoms. The SMILES string of the molecule is CCCCOC(C)OC(C)=O.O=C(O)COc1nc(Cl)c(Cl)cc1Cl. The van der Waals surface area contributed by atoms with Crippen LogP contribution in [0.4, 0.5) is 0 Å². The van der Waals surface area contributed by atoms with Crippen molar-refractivity contribution < 1.29 is 28.9 Å². The van der Waals surface area contributed by atoms with Gasteiger partial charge in [0.1, 0.15) is 5.02 Å². The van der Waals surface area contributed by atoms with Crippen LogP contribution >= 0.6 is 34.8 Å². The first-order valence-corrected chi connectivity index (χ1v) is 8.45. The first kappa shape index (κ1) is 23.7. The average Bonchev–Trinajstić information content (AvgIpc) is 2.49. The fraction of sp³-hybridized carbons (Fsp3) is 0.533. The van der Waals surface area contributed by atoms with Gasteiger partial charge in [-0.1, -0.05) is 48.1 Å². The molecule has 1 aromatic heterocycles. The minimum Gasteiger partial charge on any atom is -0.479 e. The summed E-state index contributed by atoms with van der Waals surface area (Å²) in [5.74, 6) is -1.48. The number of carboxylic acids is 1. The molecule has 7 nitrogen and oxygen atoms in total. The highest BCUT2D eigenvalue weighted by molar-refractivity contribution is 6.42. The summed E-state index contributed by atoms with van der Waals surface area (Å²) in [6, 6.07) is 1.33. The van der Waals surface area contributed by atoms with Crippen molar-refractivity contribution in [2.45, 2.75) is 39.9 Å². The number of aliphatic carboxylic acids is 1. The maximum atomic E-state index is 10.4. The molecular formula is C15H20Cl3NO6. The van der Waals surface area contributed by atoms with E-state index in [2.05, 4.69) is 11.9 Å². The van der Waals surface area contributed by atoms with Crippen molar-refractivity contribution in [2.24, 2.45) is 0 Å². The van der Waals surface area contributed by atoms with Gasteiger partial charge in [-0.05, 0) is 19.4 Å². The summed E-state index contributed by atoms with van der Waals surface area (Å²) < 4.78 is 14.6. The zero-order valence-electron chi connectivity index (χ0n) is 14.1. The van der Waals surface area contributed by atoms with Crippen LogP contribution in [0.25, 0.3) is 0 Å². The quantitative estimate of drug-likeness (QED) is 0.293. The molecule has 1 aromatic rings. The Kier molecular flexibility index (Phi) is 12.3. The number of hydrogen-bond donors (Lipinski definition) is 1. The molecule has 1 heterocycles. The van der Waals surface area contributed by atoms with Crippen molar-refractivity contribution in [3.8, 4) is 5.88 Å². The lowest BCUT2D eigenvalue weighted by molar-refractivity contribution is -0.172. The fourth-order valence-corrected chi connectivity index (χ4v) is 1.87. The summed E-state index contributed by atoms with van der Waals surface area (Å²) >= 11 is 16.8. The summed E-state index contributed by atoms with van der Waals surface area (Å²) in [5, 5.41) is 8.64. The van der Waals surface area contributed by atoms with Crippen LogP contribution in [-0.2, 0) is 19.1 Å². The molecule has 1 atom stereocenters. The van der Waals surface area contributed by atoms with Crippen LogP contribution in [0, 0.1) is 0 Å². The van der Waals surface area contributed by atoms with Crippen LogP contribution in [0.3, 0.4) is 0 Å². The van der Waals surface area contributed by atoms with Gasteiger partial charge in [-0.2, -0.15) is 4.98 Å². The molecule has 0 bridgehead atoms. The Morgan fingerprint density at radius 3 is 2.44 bits per heavy atom. The number of pyridine rings is 1. The van der Waals surface area contributed by atoms with Gasteiger partial charge in [-0.25, -0.2) is 4.79 Å². The van der Waals surface area contributed by atoms with Crippen LogP contribution in [0.15, 0.2) is 6.07 Å². The van der Waals surface area contributed by atoms with Gasteiger partial charge in [0.15, 0.2) is 18.1 Å². The van der Waals surface area contributed by atoms with Crippen molar-refractivity contribution in [2.75, 3.05) is 13.2 Å². The highest BCUT2D eigenvalue weighted by atomic mass is 35.5. The van der Waals surface area contributed by atoms with Gasteiger partial charge in [0.25, 0.3) is 0 Å². The lowest BCUT2D eigenvalue weighted by Gasteiger charge is -2.11. The van der Waals surface area contributed by atoms with E-state index < -0.39 is 18.9 Å². The normalized spacial score (nSPS) is 11.1. The molecule has 0 saturated carbocycles. The standard InChI is InChI=1S/C8H16O3.C7H4Cl3NO3/c1-4-5-6-10-8(3)11-7(2)9;8-3-1-4(9)7(11-6(3)10)14-2-5(12)13/h8H,4-6H2,1-3H3;1H,2H2,(H,12,13). The number of ether oxygens (including phenoxy) is 3. The molecule has 0 aliphatic heterocycles. The maximum absolute atomic E-state index is 10.4. The lowest BCUT2D eigenvalue weighted by Crippen LogP contribution is -2.16. The Balaban J connectivity index is 0.000000477. The Morgan fingerprint density at radius 2 is 1.92 bits per heavy atom. The Morgan fingerprint density at radius 1 is 1.28 bits per heavy atom. The van der Waals surface area contributed by atoms with Crippen LogP contribution in [-0.4, -0.2) is 41.5 Å². The Hall–Kier alpha value is -1.28. The van der Waals surface area contributed by atoms with Crippen LogP contribution in [0.1, 0.15) is 33.6 Å². The van der Waals surface area contributed by atoms with Gasteiger partial charge in [-0.3, -0.25) is 4.79 Å². The summed E-state index contributed by atoms with van der Waals surface area (Å²) in [7, 11) is 0. The molecule has 0 aliphatic carbocycles. The van der Waals surface area contributed by atoms with Gasteiger partial charge >= 0.3 is 11.9 Å². The highest BCUT2D eigenvalue weighted by Gasteiger charge is 2.10. The van der Waals surface area contributed by atoms with Gasteiger partial charge in [0.2, 0.25) is 5.88 Å². The molecule has 0 aliphatic rings. The third-order valence-electron chi connectivity index (χ3n) is 2.37. The number of aromatic nitrogens is 1. The van der Waals surface area contributed by atoms with Crippen molar-refractivity contribution in [3.63, 3.8) is 0 Å². The number of halogens is 3. The predicted octanol–water partition coefficient (Wildman–Crippen LogP) is 4.22. The molecule has 0 saturated heterocycles. The highest BCUT2D eigenvalue weighted by Crippen LogP contribution is 2.30. The van der Waals surface area contributed by atoms with E-state index in [0.717, 1.165) is 12.8 Å². The number of carbonyl (C=O) groups excluding carboxylic acids is 1. The van der Waals surface area contributed by atoms with Crippen molar-refractivity contribution in [1.29, 1.82) is 0 Å². The monoisotopic (exact) mass is 415 g/mol. The molecule has 0 radical (unpaired) electrons. The van der Waals surface area contributed by atoms with E-state index in [9.17, 15) is 9.59 Å². The van der Waals surface area contributed by atoms with E-state index in [0.29, 0.717) is 6.61 Å². The molecule has 25 heavy (non-hydrogen) atoms. The second-order valence-electron chi connectivity index (χ2n) is 4.63. The molecule has 0 amide bonds. The number of nitrogens with zero attached hydrogens (tertiary/aromatic N) is 1. The lowest BCUT2D eigenvalue weighted by atomic mass is 10.4. The van der Waals surface area contributed by atoms with E-state index in [4.69, 9.17) is 54.1 Å². The third-order valence-corrected chi connectivity index (χ3v) is 3.31. The minimum absolute atomic E-state index is 0.0106. The summed E-state index contributed by atoms with van der Waals surface area (Å²) in [6.45, 7) is 5.30. The summed E-state index contributed by atoms with van der Waals surface area (Å²) in [6.07, 6.45) is 1.69. The molecule has 1 rings (SSSR count). The second kappa shape index (κ2) is 13.0. The van der Waals surface area contributed by atoms with Crippen molar-refractivity contribution in [1.82, 2.24) is 4.98 Å². The molecular weight excluding hydrogens is 397 g/mol. The van der Waals surface area contributed by atoms with Gasteiger partial charge in [0.05, 0.1) is 11.6 Å². The predicted molar refractivity (Wildman–Crippen MR) is 94.5 cm³/mol. The molecule has 142 valence electrons. The molecule has 1 N–H and O–H groups in total. The topological polar surface area (TPSA) is 95.0 Å². The maximum Gasteiger partial charge on any atom is 0.341 e. The summed E-state index contributed by atoms with van der Waals surface area (Å²) in [5.41, 5.74) is 0. The van der Waals surface area contributed by atoms with E-state index >= 15 is 0 Å². The first-order chi connectivity index (χ1) is 11.7. The van der Waals surface area contributed by atoms with Crippen LogP contribution in [0.2, 0.25) is 15.2 Å². The average molecular weight is 417 g/mol. The number of carbonyl (C=O) groups is 2.